The van der Waals surface area contributed by atoms with Crippen LogP contribution in [0.3, 0.4) is 0 Å². The molecular formula is C14H18N2O. The van der Waals surface area contributed by atoms with Gasteiger partial charge in [-0.3, -0.25) is 0 Å². The average molecular weight is 230 g/mol. The van der Waals surface area contributed by atoms with Gasteiger partial charge in [-0.1, -0.05) is 13.0 Å². The Morgan fingerprint density at radius 1 is 1.24 bits per heavy atom. The van der Waals surface area contributed by atoms with E-state index in [-0.39, 0.29) is 0 Å². The van der Waals surface area contributed by atoms with Gasteiger partial charge >= 0.3 is 0 Å². The molecule has 90 valence electrons. The van der Waals surface area contributed by atoms with E-state index in [1.165, 1.54) is 5.69 Å². The summed E-state index contributed by atoms with van der Waals surface area (Å²) in [6, 6.07) is 11.4. The highest BCUT2D eigenvalue weighted by Crippen LogP contribution is 2.16. The van der Waals surface area contributed by atoms with Crippen molar-refractivity contribution in [2.24, 2.45) is 0 Å². The first-order valence-corrected chi connectivity index (χ1v) is 5.96. The molecular weight excluding hydrogens is 212 g/mol. The van der Waals surface area contributed by atoms with Gasteiger partial charge < -0.3 is 15.0 Å². The Kier molecular flexibility index (Phi) is 3.70. The fourth-order valence-corrected chi connectivity index (χ4v) is 1.88. The van der Waals surface area contributed by atoms with Crippen molar-refractivity contribution in [2.75, 3.05) is 5.32 Å². The third-order valence-corrected chi connectivity index (χ3v) is 2.71. The molecule has 2 aromatic rings. The molecule has 0 aliphatic rings. The molecule has 17 heavy (non-hydrogen) atoms. The molecule has 0 aliphatic carbocycles. The van der Waals surface area contributed by atoms with Crippen molar-refractivity contribution >= 4 is 5.69 Å². The SMILES string of the molecule is CCCn1cccc1CNc1cccc(O)c1. The van der Waals surface area contributed by atoms with Gasteiger partial charge in [-0.15, -0.1) is 0 Å². The second-order valence-corrected chi connectivity index (χ2v) is 4.10. The Bertz CT molecular complexity index is 477. The molecule has 0 saturated carbocycles. The highest BCUT2D eigenvalue weighted by Gasteiger charge is 2.00. The molecule has 1 aromatic heterocycles. The highest BCUT2D eigenvalue weighted by atomic mass is 16.3. The summed E-state index contributed by atoms with van der Waals surface area (Å²) in [4.78, 5) is 0. The van der Waals surface area contributed by atoms with E-state index in [0.717, 1.165) is 25.2 Å². The normalized spacial score (nSPS) is 10.4. The number of rotatable bonds is 5. The standard InChI is InChI=1S/C14H18N2O/c1-2-8-16-9-4-6-13(16)11-15-12-5-3-7-14(17)10-12/h3-7,9-10,15,17H,2,8,11H2,1H3. The zero-order valence-corrected chi connectivity index (χ0v) is 10.1. The van der Waals surface area contributed by atoms with Crippen molar-refractivity contribution < 1.29 is 5.11 Å². The van der Waals surface area contributed by atoms with Crippen molar-refractivity contribution in [2.45, 2.75) is 26.4 Å². The van der Waals surface area contributed by atoms with Gasteiger partial charge in [0, 0.05) is 30.2 Å². The van der Waals surface area contributed by atoms with Crippen LogP contribution in [0.1, 0.15) is 19.0 Å². The van der Waals surface area contributed by atoms with Crippen LogP contribution in [0.2, 0.25) is 0 Å². The minimum absolute atomic E-state index is 0.291. The van der Waals surface area contributed by atoms with Crippen LogP contribution in [-0.4, -0.2) is 9.67 Å². The summed E-state index contributed by atoms with van der Waals surface area (Å²) in [6.07, 6.45) is 3.23. The molecule has 0 spiro atoms. The lowest BCUT2D eigenvalue weighted by Gasteiger charge is -2.10. The predicted octanol–water partition coefficient (Wildman–Crippen LogP) is 3.22. The van der Waals surface area contributed by atoms with Crippen molar-refractivity contribution in [1.82, 2.24) is 4.57 Å². The number of hydrogen-bond acceptors (Lipinski definition) is 2. The summed E-state index contributed by atoms with van der Waals surface area (Å²) >= 11 is 0. The fourth-order valence-electron chi connectivity index (χ4n) is 1.88. The Hall–Kier alpha value is -1.90. The lowest BCUT2D eigenvalue weighted by Crippen LogP contribution is -2.06. The van der Waals surface area contributed by atoms with Crippen LogP contribution >= 0.6 is 0 Å². The zero-order chi connectivity index (χ0) is 12.1. The van der Waals surface area contributed by atoms with E-state index in [1.807, 2.05) is 12.1 Å². The number of phenols is 1. The molecule has 0 bridgehead atoms. The maximum Gasteiger partial charge on any atom is 0.117 e. The van der Waals surface area contributed by atoms with E-state index in [0.29, 0.717) is 5.75 Å². The number of phenolic OH excluding ortho intramolecular Hbond substituents is 1. The Morgan fingerprint density at radius 2 is 2.12 bits per heavy atom. The first-order chi connectivity index (χ1) is 8.29. The Labute approximate surface area is 102 Å². The summed E-state index contributed by atoms with van der Waals surface area (Å²) in [5, 5.41) is 12.7. The number of aromatic hydroxyl groups is 1. The molecule has 3 heteroatoms. The van der Waals surface area contributed by atoms with Crippen molar-refractivity contribution in [3.05, 3.63) is 48.3 Å². The largest absolute Gasteiger partial charge is 0.508 e. The van der Waals surface area contributed by atoms with Gasteiger partial charge in [-0.25, -0.2) is 0 Å². The van der Waals surface area contributed by atoms with Crippen molar-refractivity contribution in [3.63, 3.8) is 0 Å². The number of benzene rings is 1. The second kappa shape index (κ2) is 5.43. The third-order valence-electron chi connectivity index (χ3n) is 2.71. The molecule has 1 heterocycles. The fraction of sp³-hybridized carbons (Fsp3) is 0.286. The minimum Gasteiger partial charge on any atom is -0.508 e. The first kappa shape index (κ1) is 11.6. The maximum atomic E-state index is 9.36. The molecule has 0 aliphatic heterocycles. The van der Waals surface area contributed by atoms with Gasteiger partial charge in [0.15, 0.2) is 0 Å². The molecule has 0 saturated heterocycles. The third kappa shape index (κ3) is 3.03. The van der Waals surface area contributed by atoms with Crippen molar-refractivity contribution in [1.29, 1.82) is 0 Å². The van der Waals surface area contributed by atoms with Crippen LogP contribution in [0.25, 0.3) is 0 Å². The van der Waals surface area contributed by atoms with E-state index < -0.39 is 0 Å². The molecule has 0 atom stereocenters. The topological polar surface area (TPSA) is 37.2 Å². The van der Waals surface area contributed by atoms with Gasteiger partial charge in [-0.2, -0.15) is 0 Å². The number of hydrogen-bond donors (Lipinski definition) is 2. The van der Waals surface area contributed by atoms with Crippen molar-refractivity contribution in [3.8, 4) is 5.75 Å². The van der Waals surface area contributed by atoms with Crippen LogP contribution in [0, 0.1) is 0 Å². The molecule has 0 radical (unpaired) electrons. The van der Waals surface area contributed by atoms with Crippen LogP contribution < -0.4 is 5.32 Å². The Morgan fingerprint density at radius 3 is 2.88 bits per heavy atom. The summed E-state index contributed by atoms with van der Waals surface area (Å²) in [6.45, 7) is 3.99. The quantitative estimate of drug-likeness (QED) is 0.827. The summed E-state index contributed by atoms with van der Waals surface area (Å²) in [5.74, 6) is 0.291. The van der Waals surface area contributed by atoms with Gasteiger partial charge in [0.25, 0.3) is 0 Å². The predicted molar refractivity (Wildman–Crippen MR) is 70.2 cm³/mol. The molecule has 2 N–H and O–H groups in total. The number of anilines is 1. The Balaban J connectivity index is 1.99. The molecule has 3 nitrogen and oxygen atoms in total. The molecule has 0 fully saturated rings. The molecule has 1 aromatic carbocycles. The van der Waals surface area contributed by atoms with E-state index >= 15 is 0 Å². The van der Waals surface area contributed by atoms with E-state index in [2.05, 4.69) is 35.1 Å². The lowest BCUT2D eigenvalue weighted by atomic mass is 10.3. The second-order valence-electron chi connectivity index (χ2n) is 4.10. The lowest BCUT2D eigenvalue weighted by molar-refractivity contribution is 0.475. The van der Waals surface area contributed by atoms with E-state index in [9.17, 15) is 5.11 Å². The maximum absolute atomic E-state index is 9.36. The first-order valence-electron chi connectivity index (χ1n) is 5.96. The number of nitrogens with one attached hydrogen (secondary N) is 1. The minimum atomic E-state index is 0.291. The number of nitrogens with zero attached hydrogens (tertiary/aromatic N) is 1. The molecule has 0 amide bonds. The van der Waals surface area contributed by atoms with Gasteiger partial charge in [0.05, 0.1) is 6.54 Å². The summed E-state index contributed by atoms with van der Waals surface area (Å²) in [5.41, 5.74) is 2.20. The van der Waals surface area contributed by atoms with E-state index in [1.54, 1.807) is 12.1 Å². The zero-order valence-electron chi connectivity index (χ0n) is 10.1. The number of aryl methyl sites for hydroxylation is 1. The van der Waals surface area contributed by atoms with Crippen LogP contribution in [0.5, 0.6) is 5.75 Å². The smallest absolute Gasteiger partial charge is 0.117 e. The molecule has 0 unspecified atom stereocenters. The van der Waals surface area contributed by atoms with Crippen LogP contribution in [0.15, 0.2) is 42.6 Å². The highest BCUT2D eigenvalue weighted by molar-refractivity contribution is 5.47. The monoisotopic (exact) mass is 230 g/mol. The number of aromatic nitrogens is 1. The summed E-state index contributed by atoms with van der Waals surface area (Å²) in [7, 11) is 0. The van der Waals surface area contributed by atoms with Crippen LogP contribution in [-0.2, 0) is 13.1 Å². The van der Waals surface area contributed by atoms with Gasteiger partial charge in [-0.05, 0) is 30.7 Å². The molecule has 2 rings (SSSR count). The van der Waals surface area contributed by atoms with Crippen LogP contribution in [0.4, 0.5) is 5.69 Å². The average Bonchev–Trinajstić information content (AvgIpc) is 2.75. The van der Waals surface area contributed by atoms with Gasteiger partial charge in [0.1, 0.15) is 5.75 Å². The van der Waals surface area contributed by atoms with Gasteiger partial charge in [0.2, 0.25) is 0 Å². The van der Waals surface area contributed by atoms with E-state index in [4.69, 9.17) is 0 Å². The summed E-state index contributed by atoms with van der Waals surface area (Å²) < 4.78 is 2.25.